The molecule has 2 rings (SSSR count). The number of para-hydroxylation sites is 1. The number of hydrogen-bond donors (Lipinski definition) is 0. The van der Waals surface area contributed by atoms with Gasteiger partial charge < -0.3 is 4.74 Å². The molecule has 0 saturated heterocycles. The van der Waals surface area contributed by atoms with E-state index in [-0.39, 0.29) is 12.3 Å². The second-order valence-electron chi connectivity index (χ2n) is 3.20. The molecule has 0 spiro atoms. The van der Waals surface area contributed by atoms with Crippen LogP contribution in [0.5, 0.6) is 5.75 Å². The molecule has 4 heteroatoms. The van der Waals surface area contributed by atoms with E-state index in [1.165, 1.54) is 0 Å². The number of halogens is 1. The van der Waals surface area contributed by atoms with Crippen LogP contribution in [0, 0.1) is 0 Å². The molecule has 1 unspecified atom stereocenters. The lowest BCUT2D eigenvalue weighted by molar-refractivity contribution is -0.184. The smallest absolute Gasteiger partial charge is 0.349 e. The molecule has 3 nitrogen and oxygen atoms in total. The van der Waals surface area contributed by atoms with Crippen LogP contribution in [0.25, 0.3) is 0 Å². The van der Waals surface area contributed by atoms with Crippen LogP contribution in [0.15, 0.2) is 24.3 Å². The van der Waals surface area contributed by atoms with Crippen molar-refractivity contribution in [2.24, 2.45) is 0 Å². The zero-order valence-electron chi connectivity index (χ0n) is 7.40. The van der Waals surface area contributed by atoms with Crippen LogP contribution in [0.1, 0.15) is 17.9 Å². The summed E-state index contributed by atoms with van der Waals surface area (Å²) in [7, 11) is 0. The molecular weight excluding hydrogens is 187 g/mol. The number of fused-ring (bicyclic) bond motifs is 1. The summed E-state index contributed by atoms with van der Waals surface area (Å²) in [5.74, 6) is -0.172. The molecule has 0 aliphatic carbocycles. The maximum Gasteiger partial charge on any atom is 0.349 e. The van der Waals surface area contributed by atoms with E-state index in [0.717, 1.165) is 11.3 Å². The Morgan fingerprint density at radius 2 is 2.36 bits per heavy atom. The molecule has 1 atom stereocenters. The van der Waals surface area contributed by atoms with E-state index in [0.29, 0.717) is 6.61 Å². The summed E-state index contributed by atoms with van der Waals surface area (Å²) >= 11 is 0. The Morgan fingerprint density at radius 3 is 3.14 bits per heavy atom. The molecule has 0 N–H and O–H groups in total. The van der Waals surface area contributed by atoms with E-state index in [2.05, 4.69) is 4.94 Å². The van der Waals surface area contributed by atoms with Crippen LogP contribution < -0.4 is 4.74 Å². The van der Waals surface area contributed by atoms with Crippen molar-refractivity contribution >= 4 is 5.97 Å². The van der Waals surface area contributed by atoms with Crippen LogP contribution >= 0.6 is 0 Å². The summed E-state index contributed by atoms with van der Waals surface area (Å²) in [4.78, 5) is 13.9. The van der Waals surface area contributed by atoms with Crippen molar-refractivity contribution < 1.29 is 19.0 Å². The van der Waals surface area contributed by atoms with Crippen molar-refractivity contribution in [1.29, 1.82) is 0 Å². The fraction of sp³-hybridized carbons (Fsp3) is 0.300. The lowest BCUT2D eigenvalue weighted by atomic mass is 9.98. The highest BCUT2D eigenvalue weighted by atomic mass is 19.3. The van der Waals surface area contributed by atoms with Crippen molar-refractivity contribution in [3.05, 3.63) is 29.8 Å². The minimum absolute atomic E-state index is 0.0213. The van der Waals surface area contributed by atoms with Gasteiger partial charge in [-0.15, -0.1) is 0 Å². The molecule has 0 radical (unpaired) electrons. The Labute approximate surface area is 80.3 Å². The molecule has 0 amide bonds. The SMILES string of the molecule is O=C(CC1COc2ccccc21)OF. The molecule has 0 aromatic heterocycles. The zero-order chi connectivity index (χ0) is 9.97. The minimum atomic E-state index is -0.852. The van der Waals surface area contributed by atoms with Crippen molar-refractivity contribution in [2.75, 3.05) is 6.61 Å². The molecular formula is C10H9FO3. The third kappa shape index (κ3) is 1.55. The van der Waals surface area contributed by atoms with Gasteiger partial charge in [-0.05, 0) is 6.07 Å². The standard InChI is InChI=1S/C10H9FO3/c11-14-10(12)5-7-6-13-9-4-2-1-3-8(7)9/h1-4,7H,5-6H2. The molecule has 14 heavy (non-hydrogen) atoms. The van der Waals surface area contributed by atoms with Gasteiger partial charge in [0, 0.05) is 16.0 Å². The van der Waals surface area contributed by atoms with Gasteiger partial charge in [0.15, 0.2) is 0 Å². The third-order valence-electron chi connectivity index (χ3n) is 2.30. The van der Waals surface area contributed by atoms with Crippen molar-refractivity contribution in [2.45, 2.75) is 12.3 Å². The van der Waals surface area contributed by atoms with E-state index < -0.39 is 5.97 Å². The normalized spacial score (nSPS) is 18.5. The molecule has 1 aromatic carbocycles. The monoisotopic (exact) mass is 196 g/mol. The summed E-state index contributed by atoms with van der Waals surface area (Å²) in [6.45, 7) is 0.411. The number of carbonyl (C=O) groups excluding carboxylic acids is 1. The first-order valence-electron chi connectivity index (χ1n) is 4.34. The molecule has 0 bridgehead atoms. The summed E-state index contributed by atoms with van der Waals surface area (Å²) in [5.41, 5.74) is 0.943. The Balaban J connectivity index is 2.14. The second kappa shape index (κ2) is 3.65. The van der Waals surface area contributed by atoms with Crippen LogP contribution in [0.2, 0.25) is 0 Å². The number of carbonyl (C=O) groups is 1. The Bertz CT molecular complexity index is 351. The molecule has 1 aliphatic rings. The van der Waals surface area contributed by atoms with Crippen LogP contribution in [-0.4, -0.2) is 12.6 Å². The Kier molecular flexibility index (Phi) is 2.35. The maximum atomic E-state index is 11.5. The highest BCUT2D eigenvalue weighted by molar-refractivity contribution is 5.70. The number of hydrogen-bond acceptors (Lipinski definition) is 3. The Morgan fingerprint density at radius 1 is 1.57 bits per heavy atom. The fourth-order valence-electron chi connectivity index (χ4n) is 1.63. The average molecular weight is 196 g/mol. The Hall–Kier alpha value is -1.58. The first-order valence-corrected chi connectivity index (χ1v) is 4.34. The highest BCUT2D eigenvalue weighted by Crippen LogP contribution is 2.35. The number of benzene rings is 1. The van der Waals surface area contributed by atoms with Crippen molar-refractivity contribution in [1.82, 2.24) is 0 Å². The van der Waals surface area contributed by atoms with Gasteiger partial charge in [-0.2, -0.15) is 0 Å². The topological polar surface area (TPSA) is 35.5 Å². The molecule has 1 heterocycles. The molecule has 1 aliphatic heterocycles. The van der Waals surface area contributed by atoms with Crippen molar-refractivity contribution in [3.8, 4) is 5.75 Å². The molecule has 74 valence electrons. The van der Waals surface area contributed by atoms with Gasteiger partial charge in [0.25, 0.3) is 0 Å². The lowest BCUT2D eigenvalue weighted by Gasteiger charge is -2.03. The van der Waals surface area contributed by atoms with Gasteiger partial charge in [-0.3, -0.25) is 4.94 Å². The summed E-state index contributed by atoms with van der Waals surface area (Å²) in [5, 5.41) is 0. The number of rotatable bonds is 2. The number of ether oxygens (including phenoxy) is 1. The van der Waals surface area contributed by atoms with E-state index in [1.807, 2.05) is 24.3 Å². The van der Waals surface area contributed by atoms with E-state index in [4.69, 9.17) is 4.74 Å². The first-order chi connectivity index (χ1) is 6.81. The third-order valence-corrected chi connectivity index (χ3v) is 2.30. The zero-order valence-corrected chi connectivity index (χ0v) is 7.40. The van der Waals surface area contributed by atoms with Gasteiger partial charge >= 0.3 is 5.97 Å². The van der Waals surface area contributed by atoms with E-state index >= 15 is 0 Å². The minimum Gasteiger partial charge on any atom is -0.493 e. The lowest BCUT2D eigenvalue weighted by Crippen LogP contribution is -2.08. The van der Waals surface area contributed by atoms with Gasteiger partial charge in [-0.25, -0.2) is 4.79 Å². The quantitative estimate of drug-likeness (QED) is 0.725. The van der Waals surface area contributed by atoms with Crippen LogP contribution in [0.3, 0.4) is 0 Å². The van der Waals surface area contributed by atoms with Crippen LogP contribution in [-0.2, 0) is 9.74 Å². The molecule has 1 aromatic rings. The van der Waals surface area contributed by atoms with E-state index in [9.17, 15) is 9.32 Å². The highest BCUT2D eigenvalue weighted by Gasteiger charge is 2.26. The van der Waals surface area contributed by atoms with Crippen molar-refractivity contribution in [3.63, 3.8) is 0 Å². The van der Waals surface area contributed by atoms with E-state index in [1.54, 1.807) is 0 Å². The summed E-state index contributed by atoms with van der Waals surface area (Å²) < 4.78 is 16.9. The molecule has 0 saturated carbocycles. The van der Waals surface area contributed by atoms with Gasteiger partial charge in [0.2, 0.25) is 0 Å². The maximum absolute atomic E-state index is 11.5. The first kappa shape index (κ1) is 8.99. The van der Waals surface area contributed by atoms with Gasteiger partial charge in [0.05, 0.1) is 13.0 Å². The van der Waals surface area contributed by atoms with Gasteiger partial charge in [-0.1, -0.05) is 18.2 Å². The molecule has 0 fully saturated rings. The van der Waals surface area contributed by atoms with Gasteiger partial charge in [0.1, 0.15) is 5.75 Å². The fourth-order valence-corrected chi connectivity index (χ4v) is 1.63. The predicted molar refractivity (Wildman–Crippen MR) is 46.5 cm³/mol. The predicted octanol–water partition coefficient (Wildman–Crippen LogP) is 1.98. The average Bonchev–Trinajstić information content (AvgIpc) is 2.62. The second-order valence-corrected chi connectivity index (χ2v) is 3.20. The summed E-state index contributed by atoms with van der Waals surface area (Å²) in [6, 6.07) is 7.42. The summed E-state index contributed by atoms with van der Waals surface area (Å²) in [6.07, 6.45) is 0.0213. The largest absolute Gasteiger partial charge is 0.493 e. The van der Waals surface area contributed by atoms with Crippen LogP contribution in [0.4, 0.5) is 4.53 Å².